The molecule has 1 saturated carbocycles. The Bertz CT molecular complexity index is 113. The van der Waals surface area contributed by atoms with Crippen LogP contribution in [0.4, 0.5) is 0 Å². The third kappa shape index (κ3) is 184. The van der Waals surface area contributed by atoms with Crippen LogP contribution in [0.1, 0.15) is 108 Å². The van der Waals surface area contributed by atoms with Gasteiger partial charge in [0.15, 0.2) is 0 Å². The summed E-state index contributed by atoms with van der Waals surface area (Å²) in [6.45, 7) is 24.0. The van der Waals surface area contributed by atoms with Gasteiger partial charge in [-0.3, -0.25) is 0 Å². The van der Waals surface area contributed by atoms with Crippen molar-refractivity contribution >= 4 is 0 Å². The summed E-state index contributed by atoms with van der Waals surface area (Å²) in [5.41, 5.74) is 1.00. The van der Waals surface area contributed by atoms with E-state index in [0.717, 1.165) is 5.92 Å². The highest BCUT2D eigenvalue weighted by atomic mass is 14.0. The van der Waals surface area contributed by atoms with Crippen LogP contribution in [0.25, 0.3) is 0 Å². The molecule has 120 valence electrons. The monoisotopic (exact) mass is 272 g/mol. The van der Waals surface area contributed by atoms with Gasteiger partial charge in [0.1, 0.15) is 0 Å². The van der Waals surface area contributed by atoms with Crippen molar-refractivity contribution in [1.82, 2.24) is 0 Å². The van der Waals surface area contributed by atoms with Crippen molar-refractivity contribution < 1.29 is 0 Å². The minimum Gasteiger partial charge on any atom is -0.0630 e. The average molecular weight is 273 g/mol. The third-order valence-electron chi connectivity index (χ3n) is 1.25. The Morgan fingerprint density at radius 3 is 0.579 bits per heavy atom. The SMILES string of the molecule is C1CCCC1.CC(C)(C)C.CC(C)(C)C.CC(C)C. The van der Waals surface area contributed by atoms with Crippen molar-refractivity contribution in [2.75, 3.05) is 0 Å². The van der Waals surface area contributed by atoms with Gasteiger partial charge >= 0.3 is 0 Å². The molecule has 1 aliphatic rings. The zero-order valence-corrected chi connectivity index (χ0v) is 16.1. The third-order valence-corrected chi connectivity index (χ3v) is 1.25. The van der Waals surface area contributed by atoms with Gasteiger partial charge in [0.2, 0.25) is 0 Å². The second kappa shape index (κ2) is 13.0. The van der Waals surface area contributed by atoms with E-state index >= 15 is 0 Å². The summed E-state index contributed by atoms with van der Waals surface area (Å²) in [6, 6.07) is 0. The summed E-state index contributed by atoms with van der Waals surface area (Å²) in [5.74, 6) is 0.833. The van der Waals surface area contributed by atoms with E-state index in [-0.39, 0.29) is 0 Å². The predicted molar refractivity (Wildman–Crippen MR) is 93.9 cm³/mol. The van der Waals surface area contributed by atoms with Crippen molar-refractivity contribution in [3.05, 3.63) is 0 Å². The predicted octanol–water partition coefficient (Wildman–Crippen LogP) is 7.72. The fourth-order valence-electron chi connectivity index (χ4n) is 0.884. The van der Waals surface area contributed by atoms with Gasteiger partial charge in [-0.2, -0.15) is 0 Å². The van der Waals surface area contributed by atoms with Crippen LogP contribution in [0.15, 0.2) is 0 Å². The molecule has 19 heavy (non-hydrogen) atoms. The Morgan fingerprint density at radius 1 is 0.474 bits per heavy atom. The minimum atomic E-state index is 0.500. The number of hydrogen-bond acceptors (Lipinski definition) is 0. The van der Waals surface area contributed by atoms with E-state index in [1.54, 1.807) is 0 Å². The smallest absolute Gasteiger partial charge is 0.0411 e. The van der Waals surface area contributed by atoms with Gasteiger partial charge in [-0.1, -0.05) is 108 Å². The van der Waals surface area contributed by atoms with Gasteiger partial charge < -0.3 is 0 Å². The lowest BCUT2D eigenvalue weighted by molar-refractivity contribution is 0.469. The second-order valence-corrected chi connectivity index (χ2v) is 9.50. The molecule has 0 aromatic heterocycles. The quantitative estimate of drug-likeness (QED) is 0.423. The molecule has 0 N–H and O–H groups in total. The lowest BCUT2D eigenvalue weighted by Gasteiger charge is -2.05. The van der Waals surface area contributed by atoms with E-state index in [9.17, 15) is 0 Å². The molecule has 0 heteroatoms. The Morgan fingerprint density at radius 2 is 0.526 bits per heavy atom. The molecule has 0 aliphatic heterocycles. The molecule has 0 amide bonds. The van der Waals surface area contributed by atoms with Gasteiger partial charge in [-0.25, -0.2) is 0 Å². The van der Waals surface area contributed by atoms with Gasteiger partial charge in [-0.15, -0.1) is 0 Å². The first-order valence-electron chi connectivity index (χ1n) is 8.23. The number of rotatable bonds is 0. The summed E-state index contributed by atoms with van der Waals surface area (Å²) in [4.78, 5) is 0. The second-order valence-electron chi connectivity index (χ2n) is 9.50. The molecular weight excluding hydrogens is 228 g/mol. The maximum absolute atomic E-state index is 2.19. The minimum absolute atomic E-state index is 0.500. The van der Waals surface area contributed by atoms with Gasteiger partial charge in [0.05, 0.1) is 0 Å². The molecule has 0 atom stereocenters. The van der Waals surface area contributed by atoms with E-state index in [0.29, 0.717) is 10.8 Å². The van der Waals surface area contributed by atoms with Gasteiger partial charge in [0, 0.05) is 0 Å². The van der Waals surface area contributed by atoms with Crippen LogP contribution in [0.2, 0.25) is 0 Å². The highest BCUT2D eigenvalue weighted by Gasteiger charge is 1.96. The van der Waals surface area contributed by atoms with E-state index in [4.69, 9.17) is 0 Å². The molecule has 1 aliphatic carbocycles. The molecule has 0 bridgehead atoms. The van der Waals surface area contributed by atoms with Crippen molar-refractivity contribution in [2.45, 2.75) is 108 Å². The Kier molecular flexibility index (Phi) is 16.5. The fraction of sp³-hybridized carbons (Fsp3) is 1.00. The zero-order chi connectivity index (χ0) is 16.1. The maximum Gasteiger partial charge on any atom is -0.0411 e. The Hall–Kier alpha value is 0. The van der Waals surface area contributed by atoms with Crippen molar-refractivity contribution in [3.63, 3.8) is 0 Å². The normalized spacial score (nSPS) is 14.5. The van der Waals surface area contributed by atoms with Crippen LogP contribution in [-0.4, -0.2) is 0 Å². The molecule has 1 fully saturated rings. The van der Waals surface area contributed by atoms with E-state index in [1.165, 1.54) is 32.1 Å². The Balaban J connectivity index is -0.000000181. The van der Waals surface area contributed by atoms with Crippen molar-refractivity contribution in [2.24, 2.45) is 16.7 Å². The lowest BCUT2D eigenvalue weighted by atomic mass is 10.0. The first-order valence-corrected chi connectivity index (χ1v) is 8.23. The summed E-state index contributed by atoms with van der Waals surface area (Å²) < 4.78 is 0. The lowest BCUT2D eigenvalue weighted by Crippen LogP contribution is -1.93. The fourth-order valence-corrected chi connectivity index (χ4v) is 0.884. The molecule has 0 spiro atoms. The summed E-state index contributed by atoms with van der Waals surface area (Å²) >= 11 is 0. The van der Waals surface area contributed by atoms with Crippen LogP contribution in [-0.2, 0) is 0 Å². The van der Waals surface area contributed by atoms with Crippen LogP contribution in [0, 0.1) is 16.7 Å². The molecule has 0 unspecified atom stereocenters. The molecule has 0 heterocycles. The largest absolute Gasteiger partial charge is 0.0630 e. The van der Waals surface area contributed by atoms with Crippen LogP contribution >= 0.6 is 0 Å². The van der Waals surface area contributed by atoms with Gasteiger partial charge in [-0.05, 0) is 16.7 Å². The van der Waals surface area contributed by atoms with E-state index < -0.39 is 0 Å². The maximum atomic E-state index is 2.19. The molecule has 0 saturated heterocycles. The summed E-state index contributed by atoms with van der Waals surface area (Å²) in [5, 5.41) is 0. The zero-order valence-electron chi connectivity index (χ0n) is 16.1. The highest BCUT2D eigenvalue weighted by molar-refractivity contribution is 4.51. The molecule has 0 radical (unpaired) electrons. The molecule has 0 nitrogen and oxygen atoms in total. The van der Waals surface area contributed by atoms with Crippen LogP contribution < -0.4 is 0 Å². The number of hydrogen-bond donors (Lipinski definition) is 0. The van der Waals surface area contributed by atoms with Crippen molar-refractivity contribution in [1.29, 1.82) is 0 Å². The molecule has 0 aromatic carbocycles. The Labute approximate surface area is 125 Å². The standard InChI is InChI=1S/C5H10.2C5H12.C4H10/c1-2-4-5-3-1;2*1-5(2,3)4;1-4(2)3/h1-5H2;2*1-4H3;4H,1-3H3. The average Bonchev–Trinajstić information content (AvgIpc) is 2.48. The van der Waals surface area contributed by atoms with Gasteiger partial charge in [0.25, 0.3) is 0 Å². The van der Waals surface area contributed by atoms with Crippen molar-refractivity contribution in [3.8, 4) is 0 Å². The van der Waals surface area contributed by atoms with E-state index in [2.05, 4.69) is 76.2 Å². The molecule has 1 rings (SSSR count). The summed E-state index contributed by atoms with van der Waals surface area (Å²) in [6.07, 6.45) is 7.50. The molecule has 0 aromatic rings. The first kappa shape index (κ1) is 24.0. The van der Waals surface area contributed by atoms with Crippen LogP contribution in [0.5, 0.6) is 0 Å². The highest BCUT2D eigenvalue weighted by Crippen LogP contribution is 2.15. The first-order chi connectivity index (χ1) is 8.23. The summed E-state index contributed by atoms with van der Waals surface area (Å²) in [7, 11) is 0. The van der Waals surface area contributed by atoms with Crippen LogP contribution in [0.3, 0.4) is 0 Å². The van der Waals surface area contributed by atoms with E-state index in [1.807, 2.05) is 0 Å². The topological polar surface area (TPSA) is 0 Å². The molecular formula is C19H44.